The summed E-state index contributed by atoms with van der Waals surface area (Å²) in [5.74, 6) is -0.422. The number of piperazine rings is 1. The van der Waals surface area contributed by atoms with Gasteiger partial charge in [0.25, 0.3) is 0 Å². The number of nitrogens with one attached hydrogen (secondary N) is 2. The van der Waals surface area contributed by atoms with Crippen LogP contribution in [0.25, 0.3) is 10.8 Å². The zero-order valence-electron chi connectivity index (χ0n) is 15.5. The van der Waals surface area contributed by atoms with Crippen molar-refractivity contribution in [2.45, 2.75) is 24.6 Å². The summed E-state index contributed by atoms with van der Waals surface area (Å²) in [4.78, 5) is 13.9. The Morgan fingerprint density at radius 2 is 1.86 bits per heavy atom. The molecule has 0 aromatic heterocycles. The Morgan fingerprint density at radius 3 is 2.57 bits per heavy atom. The lowest BCUT2D eigenvalue weighted by atomic mass is 10.0. The molecule has 2 aliphatic rings. The molecular weight excluding hydrogens is 367 g/mol. The number of carbonyl (C=O) groups is 1. The van der Waals surface area contributed by atoms with Crippen molar-refractivity contribution in [3.05, 3.63) is 48.0 Å². The second-order valence-corrected chi connectivity index (χ2v) is 7.64. The average molecular weight is 391 g/mol. The molecule has 1 amide bonds. The first-order chi connectivity index (χ1) is 13.4. The third kappa shape index (κ3) is 4.15. The summed E-state index contributed by atoms with van der Waals surface area (Å²) in [6, 6.07) is 12.5. The molecule has 2 aromatic rings. The summed E-state index contributed by atoms with van der Waals surface area (Å²) in [6.45, 7) is 1.36. The van der Waals surface area contributed by atoms with Gasteiger partial charge in [-0.2, -0.15) is 13.2 Å². The van der Waals surface area contributed by atoms with E-state index in [4.69, 9.17) is 0 Å². The fourth-order valence-corrected chi connectivity index (χ4v) is 4.07. The minimum Gasteiger partial charge on any atom is -0.354 e. The molecule has 1 heterocycles. The normalized spacial score (nSPS) is 24.1. The van der Waals surface area contributed by atoms with Gasteiger partial charge in [0.1, 0.15) is 6.04 Å². The van der Waals surface area contributed by atoms with Gasteiger partial charge in [0.05, 0.1) is 0 Å². The number of carbonyl (C=O) groups excluding carboxylic acids is 1. The van der Waals surface area contributed by atoms with Crippen LogP contribution >= 0.6 is 0 Å². The van der Waals surface area contributed by atoms with Crippen LogP contribution in [-0.4, -0.2) is 55.7 Å². The maximum atomic E-state index is 13.4. The van der Waals surface area contributed by atoms with Crippen molar-refractivity contribution in [3.8, 4) is 0 Å². The lowest BCUT2D eigenvalue weighted by Gasteiger charge is -2.35. The third-order valence-corrected chi connectivity index (χ3v) is 5.77. The largest absolute Gasteiger partial charge is 0.405 e. The Labute approximate surface area is 162 Å². The molecule has 28 heavy (non-hydrogen) atoms. The van der Waals surface area contributed by atoms with Gasteiger partial charge < -0.3 is 10.6 Å². The highest BCUT2D eigenvalue weighted by molar-refractivity contribution is 5.85. The lowest BCUT2D eigenvalue weighted by Crippen LogP contribution is -2.57. The molecule has 3 atom stereocenters. The van der Waals surface area contributed by atoms with Crippen molar-refractivity contribution >= 4 is 16.7 Å². The van der Waals surface area contributed by atoms with Crippen LogP contribution in [0.2, 0.25) is 0 Å². The minimum atomic E-state index is -4.36. The molecule has 1 saturated heterocycles. The van der Waals surface area contributed by atoms with Crippen LogP contribution in [0.15, 0.2) is 42.5 Å². The SMILES string of the molecule is O=C(NCC(N1CCNCC1)C(F)(F)F)C1CC1c1ccc2ccccc2c1. The van der Waals surface area contributed by atoms with Crippen LogP contribution < -0.4 is 10.6 Å². The van der Waals surface area contributed by atoms with E-state index >= 15 is 0 Å². The second kappa shape index (κ2) is 7.72. The van der Waals surface area contributed by atoms with Gasteiger partial charge in [0, 0.05) is 38.6 Å². The van der Waals surface area contributed by atoms with Gasteiger partial charge in [-0.05, 0) is 28.7 Å². The number of hydrogen-bond acceptors (Lipinski definition) is 3. The molecule has 0 spiro atoms. The van der Waals surface area contributed by atoms with Gasteiger partial charge in [-0.1, -0.05) is 42.5 Å². The number of nitrogens with zero attached hydrogens (tertiary/aromatic N) is 1. The van der Waals surface area contributed by atoms with Gasteiger partial charge in [-0.25, -0.2) is 0 Å². The van der Waals surface area contributed by atoms with Crippen molar-refractivity contribution in [2.75, 3.05) is 32.7 Å². The standard InChI is InChI=1S/C21H24F3N3O/c22-21(23,24)19(27-9-7-25-8-10-27)13-26-20(28)18-12-17(18)16-6-5-14-3-1-2-4-15(14)11-16/h1-6,11,17-19,25H,7-10,12-13H2,(H,26,28). The number of hydrogen-bond donors (Lipinski definition) is 2. The van der Waals surface area contributed by atoms with E-state index in [2.05, 4.69) is 16.7 Å². The van der Waals surface area contributed by atoms with Crippen molar-refractivity contribution in [1.29, 1.82) is 0 Å². The summed E-state index contributed by atoms with van der Waals surface area (Å²) >= 11 is 0. The molecule has 1 saturated carbocycles. The van der Waals surface area contributed by atoms with Crippen LogP contribution in [0.3, 0.4) is 0 Å². The predicted molar refractivity (Wildman–Crippen MR) is 102 cm³/mol. The van der Waals surface area contributed by atoms with E-state index in [1.165, 1.54) is 4.90 Å². The van der Waals surface area contributed by atoms with Crippen LogP contribution in [0, 0.1) is 5.92 Å². The van der Waals surface area contributed by atoms with Gasteiger partial charge >= 0.3 is 6.18 Å². The molecular formula is C21H24F3N3O. The molecule has 2 N–H and O–H groups in total. The molecule has 0 bridgehead atoms. The van der Waals surface area contributed by atoms with Crippen LogP contribution in [0.5, 0.6) is 0 Å². The molecule has 3 unspecified atom stereocenters. The molecule has 150 valence electrons. The van der Waals surface area contributed by atoms with E-state index in [0.29, 0.717) is 32.6 Å². The minimum absolute atomic E-state index is 0.0909. The highest BCUT2D eigenvalue weighted by atomic mass is 19.4. The lowest BCUT2D eigenvalue weighted by molar-refractivity contribution is -0.184. The number of rotatable bonds is 5. The summed E-state index contributed by atoms with van der Waals surface area (Å²) in [7, 11) is 0. The van der Waals surface area contributed by atoms with Crippen molar-refractivity contribution in [1.82, 2.24) is 15.5 Å². The first-order valence-electron chi connectivity index (χ1n) is 9.71. The zero-order valence-corrected chi connectivity index (χ0v) is 15.5. The van der Waals surface area contributed by atoms with Crippen LogP contribution in [-0.2, 0) is 4.79 Å². The Hall–Kier alpha value is -2.12. The van der Waals surface area contributed by atoms with Gasteiger partial charge in [-0.3, -0.25) is 9.69 Å². The molecule has 0 radical (unpaired) electrons. The smallest absolute Gasteiger partial charge is 0.354 e. The summed E-state index contributed by atoms with van der Waals surface area (Å²) in [6.07, 6.45) is -3.67. The van der Waals surface area contributed by atoms with E-state index in [9.17, 15) is 18.0 Å². The summed E-state index contributed by atoms with van der Waals surface area (Å²) in [5, 5.41) is 7.87. The van der Waals surface area contributed by atoms with Crippen molar-refractivity contribution in [3.63, 3.8) is 0 Å². The number of benzene rings is 2. The fourth-order valence-electron chi connectivity index (χ4n) is 4.07. The molecule has 4 nitrogen and oxygen atoms in total. The van der Waals surface area contributed by atoms with E-state index in [1.54, 1.807) is 0 Å². The molecule has 4 rings (SSSR count). The maximum Gasteiger partial charge on any atom is 0.405 e. The van der Waals surface area contributed by atoms with E-state index in [1.807, 2.05) is 36.4 Å². The Morgan fingerprint density at radius 1 is 1.14 bits per heavy atom. The number of halogens is 3. The van der Waals surface area contributed by atoms with Crippen molar-refractivity contribution in [2.24, 2.45) is 5.92 Å². The Balaban J connectivity index is 1.37. The fraction of sp³-hybridized carbons (Fsp3) is 0.476. The summed E-state index contributed by atoms with van der Waals surface area (Å²) < 4.78 is 40.3. The predicted octanol–water partition coefficient (Wildman–Crippen LogP) is 2.90. The first-order valence-corrected chi connectivity index (χ1v) is 9.71. The van der Waals surface area contributed by atoms with Gasteiger partial charge in [-0.15, -0.1) is 0 Å². The molecule has 7 heteroatoms. The highest BCUT2D eigenvalue weighted by Crippen LogP contribution is 2.48. The van der Waals surface area contributed by atoms with Crippen LogP contribution in [0.4, 0.5) is 13.2 Å². The maximum absolute atomic E-state index is 13.4. The molecule has 2 fully saturated rings. The van der Waals surface area contributed by atoms with Gasteiger partial charge in [0.15, 0.2) is 0 Å². The topological polar surface area (TPSA) is 44.4 Å². The third-order valence-electron chi connectivity index (χ3n) is 5.77. The van der Waals surface area contributed by atoms with E-state index in [0.717, 1.165) is 16.3 Å². The van der Waals surface area contributed by atoms with Crippen LogP contribution in [0.1, 0.15) is 17.9 Å². The van der Waals surface area contributed by atoms with Crippen molar-refractivity contribution < 1.29 is 18.0 Å². The second-order valence-electron chi connectivity index (χ2n) is 7.64. The average Bonchev–Trinajstić information content (AvgIpc) is 3.48. The Kier molecular flexibility index (Phi) is 5.29. The number of amides is 1. The quantitative estimate of drug-likeness (QED) is 0.824. The highest BCUT2D eigenvalue weighted by Gasteiger charge is 2.47. The van der Waals surface area contributed by atoms with E-state index in [-0.39, 0.29) is 24.3 Å². The van der Waals surface area contributed by atoms with Gasteiger partial charge in [0.2, 0.25) is 5.91 Å². The number of fused-ring (bicyclic) bond motifs is 1. The number of alkyl halides is 3. The monoisotopic (exact) mass is 391 g/mol. The first kappa shape index (κ1) is 19.2. The molecule has 1 aliphatic carbocycles. The van der Waals surface area contributed by atoms with E-state index < -0.39 is 12.2 Å². The zero-order chi connectivity index (χ0) is 19.7. The molecule has 1 aliphatic heterocycles. The Bertz CT molecular complexity index is 848. The molecule has 2 aromatic carbocycles. The summed E-state index contributed by atoms with van der Waals surface area (Å²) in [5.41, 5.74) is 1.08.